The molecule has 2 N–H and O–H groups in total. The first-order valence-corrected chi connectivity index (χ1v) is 9.84. The Labute approximate surface area is 160 Å². The Balaban J connectivity index is 1.85. The summed E-state index contributed by atoms with van der Waals surface area (Å²) >= 11 is 1.31. The van der Waals surface area contributed by atoms with E-state index in [1.54, 1.807) is 11.4 Å². The largest absolute Gasteiger partial charge is 0.496 e. The predicted octanol–water partition coefficient (Wildman–Crippen LogP) is 4.43. The van der Waals surface area contributed by atoms with Gasteiger partial charge in [0, 0.05) is 29.8 Å². The molecule has 150 valence electrons. The second-order valence-electron chi connectivity index (χ2n) is 5.35. The predicted molar refractivity (Wildman–Crippen MR) is 94.5 cm³/mol. The van der Waals surface area contributed by atoms with E-state index in [1.165, 1.54) is 30.7 Å². The van der Waals surface area contributed by atoms with Gasteiger partial charge in [0.15, 0.2) is 17.4 Å². The minimum absolute atomic E-state index is 0.234. The molecule has 12 heteroatoms. The van der Waals surface area contributed by atoms with Crippen LogP contribution in [0.1, 0.15) is 0 Å². The molecule has 0 saturated heterocycles. The minimum Gasteiger partial charge on any atom is -0.496 e. The Morgan fingerprint density at radius 3 is 2.54 bits per heavy atom. The van der Waals surface area contributed by atoms with Crippen molar-refractivity contribution in [3.8, 4) is 22.1 Å². The van der Waals surface area contributed by atoms with Gasteiger partial charge in [-0.3, -0.25) is 4.72 Å². The van der Waals surface area contributed by atoms with Gasteiger partial charge >= 0.3 is 6.61 Å². The van der Waals surface area contributed by atoms with Crippen LogP contribution in [0.5, 0.6) is 11.5 Å². The van der Waals surface area contributed by atoms with Crippen LogP contribution in [0, 0.1) is 11.6 Å². The number of alkyl halides is 2. The van der Waals surface area contributed by atoms with Gasteiger partial charge in [-0.1, -0.05) is 0 Å². The lowest BCUT2D eigenvalue weighted by molar-refractivity contribution is -0.0523. The maximum Gasteiger partial charge on any atom is 0.387 e. The van der Waals surface area contributed by atoms with E-state index < -0.39 is 39.7 Å². The molecule has 0 aliphatic carbocycles. The molecule has 0 unspecified atom stereocenters. The highest BCUT2D eigenvalue weighted by Gasteiger charge is 2.21. The molecule has 0 aliphatic rings. The zero-order valence-corrected chi connectivity index (χ0v) is 15.6. The summed E-state index contributed by atoms with van der Waals surface area (Å²) in [5.74, 6) is -3.06. The number of nitrogens with one attached hydrogen (secondary N) is 2. The number of aromatic amines is 1. The number of halogens is 4. The standard InChI is InChI=1S/C16H12F4N2O4S2/c1-25-8-2-15(27-7-8)13-3-9(6-21-13)28(23,24)22-12-4-11(18)14(5-10(12)17)26-16(19)20/h2-7,16,21-22H,1H3. The lowest BCUT2D eigenvalue weighted by Crippen LogP contribution is -2.14. The molecule has 0 bridgehead atoms. The molecule has 0 radical (unpaired) electrons. The van der Waals surface area contributed by atoms with Gasteiger partial charge in [-0.2, -0.15) is 8.78 Å². The van der Waals surface area contributed by atoms with Crippen molar-refractivity contribution < 1.29 is 35.5 Å². The van der Waals surface area contributed by atoms with Gasteiger partial charge in [-0.05, 0) is 6.07 Å². The van der Waals surface area contributed by atoms with Crippen LogP contribution in [0.25, 0.3) is 10.6 Å². The number of rotatable bonds is 7. The van der Waals surface area contributed by atoms with E-state index in [2.05, 4.69) is 9.72 Å². The van der Waals surface area contributed by atoms with E-state index in [-0.39, 0.29) is 4.90 Å². The fourth-order valence-electron chi connectivity index (χ4n) is 2.24. The lowest BCUT2D eigenvalue weighted by atomic mass is 10.3. The molecule has 0 fully saturated rings. The molecule has 0 aliphatic heterocycles. The molecule has 6 nitrogen and oxygen atoms in total. The number of methoxy groups -OCH3 is 1. The van der Waals surface area contributed by atoms with Crippen molar-refractivity contribution in [3.05, 3.63) is 47.5 Å². The number of H-pyrrole nitrogens is 1. The third-order valence-electron chi connectivity index (χ3n) is 3.53. The van der Waals surface area contributed by atoms with E-state index in [4.69, 9.17) is 4.74 Å². The zero-order chi connectivity index (χ0) is 20.5. The fourth-order valence-corrected chi connectivity index (χ4v) is 4.12. The van der Waals surface area contributed by atoms with Crippen LogP contribution in [0.2, 0.25) is 0 Å². The maximum atomic E-state index is 14.0. The van der Waals surface area contributed by atoms with Crippen LogP contribution in [-0.2, 0) is 10.0 Å². The number of hydrogen-bond donors (Lipinski definition) is 2. The topological polar surface area (TPSA) is 80.4 Å². The summed E-state index contributed by atoms with van der Waals surface area (Å²) in [6.45, 7) is -3.36. The van der Waals surface area contributed by atoms with Crippen molar-refractivity contribution in [3.63, 3.8) is 0 Å². The van der Waals surface area contributed by atoms with Gasteiger partial charge in [-0.15, -0.1) is 11.3 Å². The fraction of sp³-hybridized carbons (Fsp3) is 0.125. The van der Waals surface area contributed by atoms with Crippen LogP contribution < -0.4 is 14.2 Å². The van der Waals surface area contributed by atoms with Crippen molar-refractivity contribution in [2.24, 2.45) is 0 Å². The summed E-state index contributed by atoms with van der Waals surface area (Å²) in [4.78, 5) is 3.24. The molecular weight excluding hydrogens is 424 g/mol. The summed E-state index contributed by atoms with van der Waals surface area (Å²) in [5, 5.41) is 1.73. The number of hydrogen-bond acceptors (Lipinski definition) is 5. The molecule has 0 amide bonds. The Morgan fingerprint density at radius 1 is 1.14 bits per heavy atom. The third-order valence-corrected chi connectivity index (χ3v) is 5.81. The van der Waals surface area contributed by atoms with Crippen molar-refractivity contribution >= 4 is 27.0 Å². The van der Waals surface area contributed by atoms with Gasteiger partial charge in [-0.25, -0.2) is 17.2 Å². The highest BCUT2D eigenvalue weighted by molar-refractivity contribution is 7.92. The molecule has 2 aromatic heterocycles. The van der Waals surface area contributed by atoms with Crippen molar-refractivity contribution in [1.82, 2.24) is 4.98 Å². The van der Waals surface area contributed by atoms with E-state index in [9.17, 15) is 26.0 Å². The molecule has 2 heterocycles. The summed E-state index contributed by atoms with van der Waals surface area (Å²) in [6.07, 6.45) is 1.17. The van der Waals surface area contributed by atoms with Crippen LogP contribution >= 0.6 is 11.3 Å². The number of benzene rings is 1. The van der Waals surface area contributed by atoms with Gasteiger partial charge < -0.3 is 14.5 Å². The molecule has 1 aromatic carbocycles. The lowest BCUT2D eigenvalue weighted by Gasteiger charge is -2.11. The maximum absolute atomic E-state index is 14.0. The second-order valence-corrected chi connectivity index (χ2v) is 7.94. The van der Waals surface area contributed by atoms with Crippen LogP contribution in [0.15, 0.2) is 40.7 Å². The molecule has 0 atom stereocenters. The number of thiophene rings is 1. The van der Waals surface area contributed by atoms with E-state index in [0.29, 0.717) is 28.5 Å². The van der Waals surface area contributed by atoms with Crippen LogP contribution in [0.3, 0.4) is 0 Å². The van der Waals surface area contributed by atoms with Crippen LogP contribution in [0.4, 0.5) is 23.2 Å². The quantitative estimate of drug-likeness (QED) is 0.537. The summed E-state index contributed by atoms with van der Waals surface area (Å²) in [6, 6.07) is 3.75. The molecule has 0 saturated carbocycles. The molecule has 3 aromatic rings. The number of ether oxygens (including phenoxy) is 2. The minimum atomic E-state index is -4.28. The Kier molecular flexibility index (Phi) is 5.52. The highest BCUT2D eigenvalue weighted by Crippen LogP contribution is 2.32. The number of sulfonamides is 1. The normalized spacial score (nSPS) is 11.6. The third kappa shape index (κ3) is 4.22. The van der Waals surface area contributed by atoms with Crippen LogP contribution in [-0.4, -0.2) is 27.1 Å². The van der Waals surface area contributed by atoms with Gasteiger partial charge in [0.25, 0.3) is 10.0 Å². The highest BCUT2D eigenvalue weighted by atomic mass is 32.2. The molecular formula is C16H12F4N2O4S2. The number of anilines is 1. The first kappa shape index (κ1) is 20.0. The van der Waals surface area contributed by atoms with Gasteiger partial charge in [0.2, 0.25) is 0 Å². The SMILES string of the molecule is COc1csc(-c2cc(S(=O)(=O)Nc3cc(F)c(OC(F)F)cc3F)c[nH]2)c1. The second kappa shape index (κ2) is 7.72. The first-order valence-electron chi connectivity index (χ1n) is 7.47. The summed E-state index contributed by atoms with van der Waals surface area (Å²) < 4.78 is 87.7. The average Bonchev–Trinajstić information content (AvgIpc) is 3.27. The Morgan fingerprint density at radius 2 is 1.89 bits per heavy atom. The Hall–Kier alpha value is -2.73. The smallest absolute Gasteiger partial charge is 0.387 e. The first-order chi connectivity index (χ1) is 13.2. The van der Waals surface area contributed by atoms with Gasteiger partial charge in [0.1, 0.15) is 10.6 Å². The van der Waals surface area contributed by atoms with Crippen molar-refractivity contribution in [2.75, 3.05) is 11.8 Å². The van der Waals surface area contributed by atoms with E-state index in [1.807, 2.05) is 4.72 Å². The Bertz CT molecular complexity index is 1100. The zero-order valence-electron chi connectivity index (χ0n) is 14.0. The van der Waals surface area contributed by atoms with E-state index >= 15 is 0 Å². The summed E-state index contributed by atoms with van der Waals surface area (Å²) in [7, 11) is -2.79. The average molecular weight is 436 g/mol. The van der Waals surface area contributed by atoms with Crippen molar-refractivity contribution in [2.45, 2.75) is 11.5 Å². The van der Waals surface area contributed by atoms with Crippen molar-refractivity contribution in [1.29, 1.82) is 0 Å². The molecule has 28 heavy (non-hydrogen) atoms. The van der Waals surface area contributed by atoms with Gasteiger partial charge in [0.05, 0.1) is 23.4 Å². The molecule has 3 rings (SSSR count). The molecule has 0 spiro atoms. The number of aromatic nitrogens is 1. The monoisotopic (exact) mass is 436 g/mol. The van der Waals surface area contributed by atoms with E-state index in [0.717, 1.165) is 0 Å². The summed E-state index contributed by atoms with van der Waals surface area (Å²) in [5.41, 5.74) is -0.277.